The highest BCUT2D eigenvalue weighted by Gasteiger charge is 2.18. The molecule has 0 unspecified atom stereocenters. The van der Waals surface area contributed by atoms with E-state index in [1.54, 1.807) is 6.92 Å². The Labute approximate surface area is 95.6 Å². The number of aromatic nitrogens is 1. The first-order valence-corrected chi connectivity index (χ1v) is 4.99. The molecule has 0 aliphatic rings. The van der Waals surface area contributed by atoms with Gasteiger partial charge in [0.25, 0.3) is 5.91 Å². The van der Waals surface area contributed by atoms with Crippen LogP contribution in [-0.4, -0.2) is 23.9 Å². The van der Waals surface area contributed by atoms with Crippen molar-refractivity contribution in [2.45, 2.75) is 6.92 Å². The molecule has 0 saturated carbocycles. The number of fused-ring (bicyclic) bond motifs is 1. The Morgan fingerprint density at radius 1 is 1.59 bits per heavy atom. The van der Waals surface area contributed by atoms with Crippen LogP contribution in [0.5, 0.6) is 0 Å². The van der Waals surface area contributed by atoms with Crippen LogP contribution in [0.2, 0.25) is 0 Å². The van der Waals surface area contributed by atoms with Crippen LogP contribution in [0, 0.1) is 5.82 Å². The minimum Gasteiger partial charge on any atom is -0.352 e. The molecule has 1 aromatic heterocycles. The maximum atomic E-state index is 13.5. The van der Waals surface area contributed by atoms with Crippen molar-refractivity contribution in [3.8, 4) is 0 Å². The van der Waals surface area contributed by atoms with Gasteiger partial charge in [-0.1, -0.05) is 5.16 Å². The Morgan fingerprint density at radius 2 is 2.35 bits per heavy atom. The molecule has 2 rings (SSSR count). The molecular weight excluding hydrogens is 227 g/mol. The average molecular weight is 236 g/mol. The minimum atomic E-state index is -0.715. The van der Waals surface area contributed by atoms with E-state index in [1.165, 1.54) is 6.07 Å². The van der Waals surface area contributed by atoms with Crippen molar-refractivity contribution in [1.82, 2.24) is 10.5 Å². The van der Waals surface area contributed by atoms with E-state index in [2.05, 4.69) is 10.5 Å². The molecule has 0 bridgehead atoms. The Balaban J connectivity index is 2.62. The van der Waals surface area contributed by atoms with E-state index in [0.717, 1.165) is 6.07 Å². The third-order valence-corrected chi connectivity index (χ3v) is 2.24. The Hall–Kier alpha value is -2.24. The lowest BCUT2D eigenvalue weighted by Crippen LogP contribution is -2.23. The van der Waals surface area contributed by atoms with Gasteiger partial charge in [0.1, 0.15) is 6.29 Å². The van der Waals surface area contributed by atoms with Crippen LogP contribution in [0.15, 0.2) is 16.7 Å². The van der Waals surface area contributed by atoms with Gasteiger partial charge in [-0.05, 0) is 19.1 Å². The molecule has 1 heterocycles. The maximum Gasteiger partial charge on any atom is 0.274 e. The monoisotopic (exact) mass is 236 g/mol. The fraction of sp³-hybridized carbons (Fsp3) is 0.182. The minimum absolute atomic E-state index is 0.0237. The van der Waals surface area contributed by atoms with Crippen LogP contribution in [0.4, 0.5) is 4.39 Å². The second kappa shape index (κ2) is 4.32. The molecule has 1 aromatic carbocycles. The molecule has 0 fully saturated rings. The predicted molar refractivity (Wildman–Crippen MR) is 57.4 cm³/mol. The Bertz CT molecular complexity index is 592. The van der Waals surface area contributed by atoms with Crippen molar-refractivity contribution in [1.29, 1.82) is 0 Å². The first-order valence-electron chi connectivity index (χ1n) is 4.99. The van der Waals surface area contributed by atoms with Crippen LogP contribution in [0.25, 0.3) is 11.0 Å². The van der Waals surface area contributed by atoms with Gasteiger partial charge in [0.15, 0.2) is 11.5 Å². The molecule has 2 aromatic rings. The molecule has 0 atom stereocenters. The standard InChI is InChI=1S/C11H9FN2O3/c1-2-13-11(16)9-7-3-6(5-15)4-8(12)10(7)17-14-9/h3-5H,2H2,1H3,(H,13,16). The quantitative estimate of drug-likeness (QED) is 0.820. The molecule has 0 aliphatic carbocycles. The summed E-state index contributed by atoms with van der Waals surface area (Å²) in [5.41, 5.74) is -0.0231. The number of hydrogen-bond donors (Lipinski definition) is 1. The highest BCUT2D eigenvalue weighted by Crippen LogP contribution is 2.22. The highest BCUT2D eigenvalue weighted by molar-refractivity contribution is 6.05. The summed E-state index contributed by atoms with van der Waals surface area (Å²) in [6.45, 7) is 2.17. The van der Waals surface area contributed by atoms with Crippen molar-refractivity contribution in [2.75, 3.05) is 6.54 Å². The molecule has 0 saturated heterocycles. The number of nitrogens with zero attached hydrogens (tertiary/aromatic N) is 1. The van der Waals surface area contributed by atoms with Crippen LogP contribution in [0.1, 0.15) is 27.8 Å². The molecule has 0 spiro atoms. The summed E-state index contributed by atoms with van der Waals surface area (Å²) in [6.07, 6.45) is 0.497. The molecule has 88 valence electrons. The zero-order chi connectivity index (χ0) is 12.4. The summed E-state index contributed by atoms with van der Waals surface area (Å²) in [5, 5.41) is 6.22. The summed E-state index contributed by atoms with van der Waals surface area (Å²) in [6, 6.07) is 2.40. The molecule has 0 radical (unpaired) electrons. The largest absolute Gasteiger partial charge is 0.352 e. The maximum absolute atomic E-state index is 13.5. The average Bonchev–Trinajstić information content (AvgIpc) is 2.73. The molecular formula is C11H9FN2O3. The Morgan fingerprint density at radius 3 is 3.00 bits per heavy atom. The Kier molecular flexibility index (Phi) is 2.86. The summed E-state index contributed by atoms with van der Waals surface area (Å²) < 4.78 is 18.2. The summed E-state index contributed by atoms with van der Waals surface area (Å²) in [4.78, 5) is 22.2. The number of nitrogens with one attached hydrogen (secondary N) is 1. The summed E-state index contributed by atoms with van der Waals surface area (Å²) >= 11 is 0. The SMILES string of the molecule is CCNC(=O)c1noc2c(F)cc(C=O)cc12. The van der Waals surface area contributed by atoms with Crippen LogP contribution in [-0.2, 0) is 0 Å². The fourth-order valence-electron chi connectivity index (χ4n) is 1.50. The van der Waals surface area contributed by atoms with Crippen molar-refractivity contribution in [3.63, 3.8) is 0 Å². The van der Waals surface area contributed by atoms with Crippen molar-refractivity contribution < 1.29 is 18.5 Å². The molecule has 1 amide bonds. The van der Waals surface area contributed by atoms with Gasteiger partial charge in [0, 0.05) is 12.1 Å². The number of benzene rings is 1. The normalized spacial score (nSPS) is 10.5. The number of aldehydes is 1. The van der Waals surface area contributed by atoms with Gasteiger partial charge in [-0.15, -0.1) is 0 Å². The van der Waals surface area contributed by atoms with E-state index in [4.69, 9.17) is 4.52 Å². The van der Waals surface area contributed by atoms with Crippen LogP contribution in [0.3, 0.4) is 0 Å². The van der Waals surface area contributed by atoms with Gasteiger partial charge in [-0.25, -0.2) is 4.39 Å². The second-order valence-electron chi connectivity index (χ2n) is 3.39. The van der Waals surface area contributed by atoms with E-state index in [-0.39, 0.29) is 22.2 Å². The second-order valence-corrected chi connectivity index (χ2v) is 3.39. The third kappa shape index (κ3) is 1.89. The smallest absolute Gasteiger partial charge is 0.274 e. The van der Waals surface area contributed by atoms with Gasteiger partial charge < -0.3 is 9.84 Å². The van der Waals surface area contributed by atoms with Gasteiger partial charge >= 0.3 is 0 Å². The molecule has 6 heteroatoms. The van der Waals surface area contributed by atoms with Gasteiger partial charge in [-0.2, -0.15) is 0 Å². The zero-order valence-electron chi connectivity index (χ0n) is 8.99. The molecule has 1 N–H and O–H groups in total. The van der Waals surface area contributed by atoms with Gasteiger partial charge in [0.2, 0.25) is 5.58 Å². The summed E-state index contributed by atoms with van der Waals surface area (Å²) in [5.74, 6) is -1.18. The topological polar surface area (TPSA) is 72.2 Å². The van der Waals surface area contributed by atoms with Gasteiger partial charge in [-0.3, -0.25) is 9.59 Å². The summed E-state index contributed by atoms with van der Waals surface area (Å²) in [7, 11) is 0. The van der Waals surface area contributed by atoms with E-state index >= 15 is 0 Å². The lowest BCUT2D eigenvalue weighted by molar-refractivity contribution is 0.0948. The fourth-order valence-corrected chi connectivity index (χ4v) is 1.50. The van der Waals surface area contributed by atoms with Crippen LogP contribution >= 0.6 is 0 Å². The van der Waals surface area contributed by atoms with E-state index in [0.29, 0.717) is 12.8 Å². The number of halogens is 1. The number of carbonyl (C=O) groups is 2. The number of rotatable bonds is 3. The molecule has 0 aliphatic heterocycles. The van der Waals surface area contributed by atoms with Gasteiger partial charge in [0.05, 0.1) is 5.39 Å². The number of carbonyl (C=O) groups excluding carboxylic acids is 2. The number of hydrogen-bond acceptors (Lipinski definition) is 4. The van der Waals surface area contributed by atoms with Crippen molar-refractivity contribution in [3.05, 3.63) is 29.2 Å². The number of amides is 1. The molecule has 17 heavy (non-hydrogen) atoms. The lowest BCUT2D eigenvalue weighted by Gasteiger charge is -1.98. The van der Waals surface area contributed by atoms with E-state index in [9.17, 15) is 14.0 Å². The van der Waals surface area contributed by atoms with Crippen molar-refractivity contribution >= 4 is 23.2 Å². The predicted octanol–water partition coefficient (Wildman–Crippen LogP) is 1.53. The zero-order valence-corrected chi connectivity index (χ0v) is 8.99. The molecule has 5 nitrogen and oxygen atoms in total. The third-order valence-electron chi connectivity index (χ3n) is 2.24. The lowest BCUT2D eigenvalue weighted by atomic mass is 10.1. The van der Waals surface area contributed by atoms with E-state index < -0.39 is 11.7 Å². The highest BCUT2D eigenvalue weighted by atomic mass is 19.1. The van der Waals surface area contributed by atoms with Crippen LogP contribution < -0.4 is 5.32 Å². The van der Waals surface area contributed by atoms with E-state index in [1.807, 2.05) is 0 Å². The first kappa shape index (κ1) is 11.3. The first-order chi connectivity index (χ1) is 8.17. The van der Waals surface area contributed by atoms with Crippen molar-refractivity contribution in [2.24, 2.45) is 0 Å².